The van der Waals surface area contributed by atoms with E-state index in [9.17, 15) is 14.7 Å². The van der Waals surface area contributed by atoms with Crippen molar-refractivity contribution in [2.45, 2.75) is 19.4 Å². The number of aryl methyl sites for hydroxylation is 1. The van der Waals surface area contributed by atoms with Crippen LogP contribution in [0.2, 0.25) is 0 Å². The van der Waals surface area contributed by atoms with Gasteiger partial charge in [-0.25, -0.2) is 9.59 Å². The highest BCUT2D eigenvalue weighted by atomic mass is 16.4. The number of hydrogen-bond acceptors (Lipinski definition) is 3. The zero-order valence-corrected chi connectivity index (χ0v) is 11.2. The molecule has 0 saturated carbocycles. The van der Waals surface area contributed by atoms with E-state index in [1.54, 1.807) is 19.2 Å². The minimum Gasteiger partial charge on any atom is -0.479 e. The minimum atomic E-state index is -1.98. The summed E-state index contributed by atoms with van der Waals surface area (Å²) in [6, 6.07) is 6.82. The van der Waals surface area contributed by atoms with E-state index in [2.05, 4.69) is 5.32 Å². The molecule has 0 aliphatic carbocycles. The molecule has 104 valence electrons. The molecule has 0 saturated heterocycles. The lowest BCUT2D eigenvalue weighted by molar-refractivity contribution is -0.155. The molecule has 0 radical (unpaired) electrons. The summed E-state index contributed by atoms with van der Waals surface area (Å²) < 4.78 is 0. The third-order valence-electron chi connectivity index (χ3n) is 2.77. The van der Waals surface area contributed by atoms with Crippen LogP contribution in [0, 0.1) is 6.92 Å². The molecular weight excluding hydrogens is 248 g/mol. The fraction of sp³-hybridized carbons (Fsp3) is 0.385. The molecule has 1 aromatic carbocycles. The second kappa shape index (κ2) is 5.71. The number of amides is 2. The normalized spacial score (nSPS) is 13.5. The summed E-state index contributed by atoms with van der Waals surface area (Å²) in [4.78, 5) is 23.8. The third kappa shape index (κ3) is 3.96. The smallest absolute Gasteiger partial charge is 0.337 e. The highest BCUT2D eigenvalue weighted by Gasteiger charge is 2.30. The lowest BCUT2D eigenvalue weighted by Crippen LogP contribution is -2.49. The topological polar surface area (TPSA) is 89.9 Å². The Hall–Kier alpha value is -2.08. The molecule has 0 aromatic heterocycles. The van der Waals surface area contributed by atoms with Crippen molar-refractivity contribution in [1.29, 1.82) is 0 Å². The van der Waals surface area contributed by atoms with Gasteiger partial charge in [0.05, 0.1) is 6.54 Å². The number of carbonyl (C=O) groups excluding carboxylic acids is 1. The van der Waals surface area contributed by atoms with Crippen LogP contribution in [0.4, 0.5) is 10.5 Å². The van der Waals surface area contributed by atoms with Crippen molar-refractivity contribution in [3.8, 4) is 0 Å². The fourth-order valence-corrected chi connectivity index (χ4v) is 1.33. The van der Waals surface area contributed by atoms with Crippen molar-refractivity contribution >= 4 is 17.7 Å². The fourth-order valence-electron chi connectivity index (χ4n) is 1.33. The van der Waals surface area contributed by atoms with Gasteiger partial charge in [-0.1, -0.05) is 17.7 Å². The van der Waals surface area contributed by atoms with Crippen LogP contribution >= 0.6 is 0 Å². The Labute approximate surface area is 111 Å². The Balaban J connectivity index is 2.63. The predicted molar refractivity (Wildman–Crippen MR) is 71.2 cm³/mol. The van der Waals surface area contributed by atoms with E-state index in [1.165, 1.54) is 4.90 Å². The van der Waals surface area contributed by atoms with Gasteiger partial charge in [0.2, 0.25) is 0 Å². The first-order chi connectivity index (χ1) is 8.74. The van der Waals surface area contributed by atoms with E-state index in [1.807, 2.05) is 19.1 Å². The molecule has 2 amide bonds. The van der Waals surface area contributed by atoms with Crippen LogP contribution < -0.4 is 10.2 Å². The molecule has 0 fully saturated rings. The SMILES string of the molecule is Cc1ccc(N(C)C(=O)NCC(C)(O)C(=O)O)cc1. The van der Waals surface area contributed by atoms with Gasteiger partial charge >= 0.3 is 12.0 Å². The van der Waals surface area contributed by atoms with Crippen LogP contribution in [0.3, 0.4) is 0 Å². The van der Waals surface area contributed by atoms with Gasteiger partial charge in [0, 0.05) is 12.7 Å². The number of urea groups is 1. The van der Waals surface area contributed by atoms with Crippen LogP contribution in [0.15, 0.2) is 24.3 Å². The molecule has 0 aliphatic heterocycles. The number of carbonyl (C=O) groups is 2. The number of aliphatic carboxylic acids is 1. The Kier molecular flexibility index (Phi) is 4.50. The average Bonchev–Trinajstić information content (AvgIpc) is 2.36. The summed E-state index contributed by atoms with van der Waals surface area (Å²) in [5, 5.41) is 20.6. The van der Waals surface area contributed by atoms with Gasteiger partial charge in [-0.3, -0.25) is 4.90 Å². The maximum Gasteiger partial charge on any atom is 0.337 e. The van der Waals surface area contributed by atoms with E-state index in [0.29, 0.717) is 5.69 Å². The molecular formula is C13H18N2O4. The van der Waals surface area contributed by atoms with E-state index in [0.717, 1.165) is 12.5 Å². The maximum absolute atomic E-state index is 11.8. The zero-order chi connectivity index (χ0) is 14.6. The van der Waals surface area contributed by atoms with Crippen molar-refractivity contribution in [2.24, 2.45) is 0 Å². The maximum atomic E-state index is 11.8. The van der Waals surface area contributed by atoms with Gasteiger partial charge in [0.15, 0.2) is 5.60 Å². The van der Waals surface area contributed by atoms with Gasteiger partial charge < -0.3 is 15.5 Å². The van der Waals surface area contributed by atoms with Crippen molar-refractivity contribution in [2.75, 3.05) is 18.5 Å². The number of carboxylic acids is 1. The zero-order valence-electron chi connectivity index (χ0n) is 11.2. The molecule has 3 N–H and O–H groups in total. The lowest BCUT2D eigenvalue weighted by Gasteiger charge is -2.22. The summed E-state index contributed by atoms with van der Waals surface area (Å²) in [5.41, 5.74) is -0.228. The van der Waals surface area contributed by atoms with E-state index in [4.69, 9.17) is 5.11 Å². The Morgan fingerprint density at radius 1 is 1.32 bits per heavy atom. The number of hydrogen-bond donors (Lipinski definition) is 3. The molecule has 0 spiro atoms. The molecule has 0 bridgehead atoms. The Bertz CT molecular complexity index is 468. The van der Waals surface area contributed by atoms with Gasteiger partial charge in [-0.05, 0) is 26.0 Å². The molecule has 1 rings (SSSR count). The van der Waals surface area contributed by atoms with Gasteiger partial charge in [-0.15, -0.1) is 0 Å². The molecule has 6 heteroatoms. The van der Waals surface area contributed by atoms with Crippen molar-refractivity contribution in [1.82, 2.24) is 5.32 Å². The highest BCUT2D eigenvalue weighted by molar-refractivity contribution is 5.91. The number of nitrogens with zero attached hydrogens (tertiary/aromatic N) is 1. The standard InChI is InChI=1S/C13H18N2O4/c1-9-4-6-10(7-5-9)15(3)12(18)14-8-13(2,19)11(16)17/h4-7,19H,8H2,1-3H3,(H,14,18)(H,16,17). The molecule has 1 atom stereocenters. The lowest BCUT2D eigenvalue weighted by atomic mass is 10.1. The molecule has 6 nitrogen and oxygen atoms in total. The van der Waals surface area contributed by atoms with Crippen LogP contribution in [0.25, 0.3) is 0 Å². The number of nitrogens with one attached hydrogen (secondary N) is 1. The molecule has 1 aromatic rings. The average molecular weight is 266 g/mol. The first-order valence-electron chi connectivity index (χ1n) is 5.78. The van der Waals surface area contributed by atoms with Crippen LogP contribution in [-0.4, -0.2) is 41.4 Å². The molecule has 1 unspecified atom stereocenters. The van der Waals surface area contributed by atoms with Crippen LogP contribution in [0.1, 0.15) is 12.5 Å². The first kappa shape index (κ1) is 15.0. The van der Waals surface area contributed by atoms with Crippen molar-refractivity contribution < 1.29 is 19.8 Å². The number of benzene rings is 1. The molecule has 19 heavy (non-hydrogen) atoms. The second-order valence-electron chi connectivity index (χ2n) is 4.63. The second-order valence-corrected chi connectivity index (χ2v) is 4.63. The van der Waals surface area contributed by atoms with Gasteiger partial charge in [-0.2, -0.15) is 0 Å². The van der Waals surface area contributed by atoms with E-state index < -0.39 is 17.6 Å². The van der Waals surface area contributed by atoms with Gasteiger partial charge in [0.1, 0.15) is 0 Å². The summed E-state index contributed by atoms with van der Waals surface area (Å²) in [6.07, 6.45) is 0. The van der Waals surface area contributed by atoms with Crippen molar-refractivity contribution in [3.63, 3.8) is 0 Å². The monoisotopic (exact) mass is 266 g/mol. The van der Waals surface area contributed by atoms with Crippen LogP contribution in [-0.2, 0) is 4.79 Å². The van der Waals surface area contributed by atoms with E-state index >= 15 is 0 Å². The third-order valence-corrected chi connectivity index (χ3v) is 2.77. The van der Waals surface area contributed by atoms with E-state index in [-0.39, 0.29) is 6.54 Å². The quantitative estimate of drug-likeness (QED) is 0.757. The summed E-state index contributed by atoms with van der Waals surface area (Å²) in [6.45, 7) is 2.70. The molecule has 0 aliphatic rings. The molecule has 0 heterocycles. The summed E-state index contributed by atoms with van der Waals surface area (Å²) in [7, 11) is 1.56. The van der Waals surface area contributed by atoms with Gasteiger partial charge in [0.25, 0.3) is 0 Å². The Morgan fingerprint density at radius 3 is 2.32 bits per heavy atom. The Morgan fingerprint density at radius 2 is 1.84 bits per heavy atom. The number of anilines is 1. The minimum absolute atomic E-state index is 0.364. The number of carboxylic acid groups (broad SMARTS) is 1. The highest BCUT2D eigenvalue weighted by Crippen LogP contribution is 2.13. The predicted octanol–water partition coefficient (Wildman–Crippen LogP) is 0.976. The number of aliphatic hydroxyl groups is 1. The van der Waals surface area contributed by atoms with Crippen LogP contribution in [0.5, 0.6) is 0 Å². The number of rotatable bonds is 4. The summed E-state index contributed by atoms with van der Waals surface area (Å²) in [5.74, 6) is -1.38. The first-order valence-corrected chi connectivity index (χ1v) is 5.78. The largest absolute Gasteiger partial charge is 0.479 e. The van der Waals surface area contributed by atoms with Crippen molar-refractivity contribution in [3.05, 3.63) is 29.8 Å². The summed E-state index contributed by atoms with van der Waals surface area (Å²) >= 11 is 0.